The van der Waals surface area contributed by atoms with E-state index in [1.165, 1.54) is 49.7 Å². The Kier molecular flexibility index (Phi) is 3.86. The van der Waals surface area contributed by atoms with E-state index in [4.69, 9.17) is 9.47 Å². The van der Waals surface area contributed by atoms with Crippen LogP contribution in [0.1, 0.15) is 63.5 Å². The maximum Gasteiger partial charge on any atom is 0.188 e. The molecule has 5 rings (SSSR count). The lowest BCUT2D eigenvalue weighted by Gasteiger charge is -2.65. The summed E-state index contributed by atoms with van der Waals surface area (Å²) in [7, 11) is 1.69. The van der Waals surface area contributed by atoms with Crippen LogP contribution in [0.25, 0.3) is 0 Å². The number of halogens is 1. The second-order valence-electron chi connectivity index (χ2n) is 9.58. The molecule has 24 heavy (non-hydrogen) atoms. The summed E-state index contributed by atoms with van der Waals surface area (Å²) in [6, 6.07) is 4.55. The summed E-state index contributed by atoms with van der Waals surface area (Å²) >= 11 is 3.75. The first kappa shape index (κ1) is 16.9. The van der Waals surface area contributed by atoms with Crippen LogP contribution in [0.15, 0.2) is 16.6 Å². The average molecular weight is 393 g/mol. The molecule has 0 spiro atoms. The van der Waals surface area contributed by atoms with Crippen molar-refractivity contribution in [3.8, 4) is 5.75 Å². The number of rotatable bonds is 4. The van der Waals surface area contributed by atoms with Crippen LogP contribution in [0.5, 0.6) is 5.75 Å². The summed E-state index contributed by atoms with van der Waals surface area (Å²) < 4.78 is 12.3. The topological polar surface area (TPSA) is 18.5 Å². The Balaban J connectivity index is 1.83. The molecule has 4 fully saturated rings. The second-order valence-corrected chi connectivity index (χ2v) is 10.4. The van der Waals surface area contributed by atoms with Gasteiger partial charge >= 0.3 is 0 Å². The highest BCUT2D eigenvalue weighted by atomic mass is 79.9. The molecular formula is C21H29BrO2. The van der Waals surface area contributed by atoms with E-state index in [9.17, 15) is 0 Å². The van der Waals surface area contributed by atoms with Crippen molar-refractivity contribution in [2.24, 2.45) is 16.7 Å². The normalized spacial score (nSPS) is 40.1. The summed E-state index contributed by atoms with van der Waals surface area (Å²) in [4.78, 5) is 0. The molecule has 0 radical (unpaired) electrons. The van der Waals surface area contributed by atoms with Gasteiger partial charge in [-0.1, -0.05) is 19.9 Å². The third-order valence-electron chi connectivity index (χ3n) is 6.71. The molecule has 2 nitrogen and oxygen atoms in total. The first-order chi connectivity index (χ1) is 11.3. The summed E-state index contributed by atoms with van der Waals surface area (Å²) in [5.41, 5.74) is 4.02. The van der Waals surface area contributed by atoms with Gasteiger partial charge in [-0.05, 0) is 89.8 Å². The fraction of sp³-hybridized carbons (Fsp3) is 0.714. The minimum absolute atomic E-state index is 0.278. The van der Waals surface area contributed by atoms with Gasteiger partial charge in [-0.3, -0.25) is 0 Å². The van der Waals surface area contributed by atoms with E-state index in [0.29, 0.717) is 17.6 Å². The van der Waals surface area contributed by atoms with Gasteiger partial charge in [0.1, 0.15) is 5.75 Å². The molecule has 4 saturated carbocycles. The molecule has 0 N–H and O–H groups in total. The molecule has 132 valence electrons. The molecule has 0 aromatic heterocycles. The van der Waals surface area contributed by atoms with E-state index in [-0.39, 0.29) is 5.41 Å². The van der Waals surface area contributed by atoms with Crippen LogP contribution in [-0.4, -0.2) is 13.9 Å². The van der Waals surface area contributed by atoms with Crippen molar-refractivity contribution in [3.63, 3.8) is 0 Å². The van der Waals surface area contributed by atoms with Crippen molar-refractivity contribution >= 4 is 15.9 Å². The average Bonchev–Trinajstić information content (AvgIpc) is 2.41. The highest BCUT2D eigenvalue weighted by Gasteiger charge is 2.61. The Labute approximate surface area is 154 Å². The predicted octanol–water partition coefficient (Wildman–Crippen LogP) is 5.99. The summed E-state index contributed by atoms with van der Waals surface area (Å²) in [6.45, 7) is 7.57. The smallest absolute Gasteiger partial charge is 0.188 e. The second kappa shape index (κ2) is 5.48. The Morgan fingerprint density at radius 3 is 2.33 bits per heavy atom. The molecule has 4 bridgehead atoms. The third-order valence-corrected chi connectivity index (χ3v) is 7.30. The van der Waals surface area contributed by atoms with Crippen LogP contribution >= 0.6 is 15.9 Å². The number of methoxy groups -OCH3 is 1. The molecule has 0 heterocycles. The van der Waals surface area contributed by atoms with Crippen LogP contribution < -0.4 is 4.74 Å². The van der Waals surface area contributed by atoms with Gasteiger partial charge in [0.25, 0.3) is 0 Å². The van der Waals surface area contributed by atoms with Crippen molar-refractivity contribution in [3.05, 3.63) is 27.7 Å². The number of hydrogen-bond donors (Lipinski definition) is 0. The minimum Gasteiger partial charge on any atom is -0.466 e. The lowest BCUT2D eigenvalue weighted by Crippen LogP contribution is -2.56. The van der Waals surface area contributed by atoms with E-state index in [1.807, 2.05) is 0 Å². The van der Waals surface area contributed by atoms with Crippen molar-refractivity contribution in [1.82, 2.24) is 0 Å². The molecule has 1 aromatic carbocycles. The van der Waals surface area contributed by atoms with Gasteiger partial charge in [0, 0.05) is 18.1 Å². The lowest BCUT2D eigenvalue weighted by molar-refractivity contribution is -0.110. The molecule has 0 aliphatic heterocycles. The number of aryl methyl sites for hydroxylation is 1. The quantitative estimate of drug-likeness (QED) is 0.585. The van der Waals surface area contributed by atoms with Crippen LogP contribution in [-0.2, 0) is 10.2 Å². The van der Waals surface area contributed by atoms with Gasteiger partial charge < -0.3 is 9.47 Å². The van der Waals surface area contributed by atoms with Crippen molar-refractivity contribution < 1.29 is 9.47 Å². The Hall–Kier alpha value is -0.540. The van der Waals surface area contributed by atoms with Gasteiger partial charge in [0.2, 0.25) is 0 Å². The largest absolute Gasteiger partial charge is 0.466 e. The monoisotopic (exact) mass is 392 g/mol. The summed E-state index contributed by atoms with van der Waals surface area (Å²) in [5.74, 6) is 1.89. The molecule has 0 amide bonds. The van der Waals surface area contributed by atoms with Gasteiger partial charge in [-0.15, -0.1) is 0 Å². The van der Waals surface area contributed by atoms with Crippen LogP contribution in [0.4, 0.5) is 0 Å². The molecular weight excluding hydrogens is 364 g/mol. The third kappa shape index (κ3) is 2.63. The van der Waals surface area contributed by atoms with E-state index in [1.54, 1.807) is 7.11 Å². The SMILES string of the molecule is COCOc1c(Br)cc(C)cc1C12CC3CC(C)(CC(C)(C3)C1)C2. The van der Waals surface area contributed by atoms with Crippen LogP contribution in [0, 0.1) is 23.7 Å². The molecule has 2 unspecified atom stereocenters. The molecule has 2 atom stereocenters. The number of ether oxygens (including phenoxy) is 2. The van der Waals surface area contributed by atoms with Crippen LogP contribution in [0.3, 0.4) is 0 Å². The zero-order valence-corrected chi connectivity index (χ0v) is 17.0. The van der Waals surface area contributed by atoms with Crippen LogP contribution in [0.2, 0.25) is 0 Å². The van der Waals surface area contributed by atoms with Crippen molar-refractivity contribution in [2.75, 3.05) is 13.9 Å². The van der Waals surface area contributed by atoms with Gasteiger partial charge in [0.15, 0.2) is 6.79 Å². The predicted molar refractivity (Wildman–Crippen MR) is 100 cm³/mol. The molecule has 1 aromatic rings. The van der Waals surface area contributed by atoms with E-state index in [0.717, 1.165) is 16.1 Å². The Bertz CT molecular complexity index is 650. The summed E-state index contributed by atoms with van der Waals surface area (Å²) in [5, 5.41) is 0. The van der Waals surface area contributed by atoms with E-state index >= 15 is 0 Å². The number of hydrogen-bond acceptors (Lipinski definition) is 2. The highest BCUT2D eigenvalue weighted by Crippen LogP contribution is 2.70. The van der Waals surface area contributed by atoms with Gasteiger partial charge in [0.05, 0.1) is 4.47 Å². The van der Waals surface area contributed by atoms with Crippen molar-refractivity contribution in [1.29, 1.82) is 0 Å². The number of benzene rings is 1. The van der Waals surface area contributed by atoms with E-state index < -0.39 is 0 Å². The standard InChI is InChI=1S/C21H29BrO2/c1-14-5-16(18(17(22)6-14)24-13-23-4)21-9-15-7-19(2,11-21)10-20(3,8-15)12-21/h5-6,15H,7-13H2,1-4H3. The maximum absolute atomic E-state index is 6.06. The molecule has 4 aliphatic rings. The zero-order valence-electron chi connectivity index (χ0n) is 15.4. The first-order valence-corrected chi connectivity index (χ1v) is 9.98. The fourth-order valence-electron chi connectivity index (χ4n) is 7.14. The molecule has 4 aliphatic carbocycles. The Morgan fingerprint density at radius 1 is 1.08 bits per heavy atom. The zero-order chi connectivity index (χ0) is 17.2. The highest BCUT2D eigenvalue weighted by molar-refractivity contribution is 9.10. The summed E-state index contributed by atoms with van der Waals surface area (Å²) in [6.07, 6.45) is 8.20. The molecule has 0 saturated heterocycles. The van der Waals surface area contributed by atoms with E-state index in [2.05, 4.69) is 48.8 Å². The Morgan fingerprint density at radius 2 is 1.75 bits per heavy atom. The van der Waals surface area contributed by atoms with Gasteiger partial charge in [-0.2, -0.15) is 0 Å². The fourth-order valence-corrected chi connectivity index (χ4v) is 7.82. The molecule has 3 heteroatoms. The van der Waals surface area contributed by atoms with Crippen molar-refractivity contribution in [2.45, 2.75) is 64.7 Å². The van der Waals surface area contributed by atoms with Gasteiger partial charge in [-0.25, -0.2) is 0 Å². The minimum atomic E-state index is 0.278. The first-order valence-electron chi connectivity index (χ1n) is 9.19. The maximum atomic E-state index is 6.06. The lowest BCUT2D eigenvalue weighted by atomic mass is 9.39.